The van der Waals surface area contributed by atoms with E-state index < -0.39 is 12.6 Å². The lowest BCUT2D eigenvalue weighted by atomic mass is 9.70. The lowest BCUT2D eigenvalue weighted by Gasteiger charge is -2.38. The minimum atomic E-state index is -3.98. The van der Waals surface area contributed by atoms with Gasteiger partial charge >= 0.3 is 6.18 Å². The molecule has 148 valence electrons. The van der Waals surface area contributed by atoms with Gasteiger partial charge in [-0.05, 0) is 75.5 Å². The first-order chi connectivity index (χ1) is 12.0. The van der Waals surface area contributed by atoms with Gasteiger partial charge in [0, 0.05) is 13.0 Å². The smallest absolute Gasteiger partial charge is 0.378 e. The molecule has 1 nitrogen and oxygen atoms in total. The van der Waals surface area contributed by atoms with E-state index in [1.165, 1.54) is 44.9 Å². The Morgan fingerprint density at radius 2 is 1.32 bits per heavy atom. The van der Waals surface area contributed by atoms with Gasteiger partial charge in [0.15, 0.2) is 0 Å². The zero-order valence-electron chi connectivity index (χ0n) is 16.0. The van der Waals surface area contributed by atoms with Gasteiger partial charge in [0.05, 0.1) is 6.10 Å². The molecule has 2 fully saturated rings. The Hall–Kier alpha value is -0.250. The molecule has 0 heterocycles. The maximum absolute atomic E-state index is 12.5. The quantitative estimate of drug-likeness (QED) is 0.391. The largest absolute Gasteiger partial charge is 0.389 e. The number of hydrogen-bond acceptors (Lipinski definition) is 1. The van der Waals surface area contributed by atoms with Crippen LogP contribution in [-0.2, 0) is 4.74 Å². The molecule has 0 unspecified atom stereocenters. The molecule has 0 saturated heterocycles. The van der Waals surface area contributed by atoms with E-state index in [9.17, 15) is 13.2 Å². The lowest BCUT2D eigenvalue weighted by Crippen LogP contribution is -2.29. The first-order valence-electron chi connectivity index (χ1n) is 10.7. The van der Waals surface area contributed by atoms with Crippen LogP contribution in [0.4, 0.5) is 13.2 Å². The van der Waals surface area contributed by atoms with Crippen molar-refractivity contribution in [2.75, 3.05) is 6.61 Å². The minimum Gasteiger partial charge on any atom is -0.378 e. The average Bonchev–Trinajstić information content (AvgIpc) is 2.58. The molecule has 2 aliphatic rings. The monoisotopic (exact) mass is 362 g/mol. The van der Waals surface area contributed by atoms with Gasteiger partial charge in [0.2, 0.25) is 0 Å². The van der Waals surface area contributed by atoms with E-state index in [0.717, 1.165) is 51.0 Å². The van der Waals surface area contributed by atoms with Gasteiger partial charge in [-0.2, -0.15) is 13.2 Å². The first-order valence-corrected chi connectivity index (χ1v) is 10.7. The van der Waals surface area contributed by atoms with Crippen LogP contribution in [0.15, 0.2) is 0 Å². The maximum atomic E-state index is 12.5. The number of ether oxygens (including phenoxy) is 1. The Morgan fingerprint density at radius 3 is 1.88 bits per heavy atom. The van der Waals surface area contributed by atoms with Crippen molar-refractivity contribution in [3.05, 3.63) is 0 Å². The fourth-order valence-corrected chi connectivity index (χ4v) is 4.87. The molecule has 2 aliphatic carbocycles. The third-order valence-corrected chi connectivity index (χ3v) is 6.40. The molecule has 0 amide bonds. The number of alkyl halides is 3. The third kappa shape index (κ3) is 8.32. The van der Waals surface area contributed by atoms with Gasteiger partial charge in [0.25, 0.3) is 0 Å². The normalized spacial score (nSPS) is 31.2. The molecule has 0 atom stereocenters. The third-order valence-electron chi connectivity index (χ3n) is 6.40. The van der Waals surface area contributed by atoms with Crippen molar-refractivity contribution in [2.24, 2.45) is 17.8 Å². The Balaban J connectivity index is 1.55. The summed E-state index contributed by atoms with van der Waals surface area (Å²) in [5, 5.41) is 0. The van der Waals surface area contributed by atoms with Crippen LogP contribution < -0.4 is 0 Å². The van der Waals surface area contributed by atoms with Crippen LogP contribution in [0.1, 0.15) is 96.8 Å². The van der Waals surface area contributed by atoms with Gasteiger partial charge in [-0.15, -0.1) is 0 Å². The number of halogens is 3. The highest BCUT2D eigenvalue weighted by atomic mass is 19.4. The standard InChI is InChI=1S/C21H37F3O/c1-2-3-4-5-6-15-25-20-13-11-19(12-14-20)18-9-7-17(8-10-18)16-21(22,23)24/h17-20H,2-16H2,1H3/t17-,18-,19-,20-. The molecule has 0 aromatic heterocycles. The molecular formula is C21H37F3O. The summed E-state index contributed by atoms with van der Waals surface area (Å²) in [5.41, 5.74) is 0. The molecule has 2 rings (SSSR count). The summed E-state index contributed by atoms with van der Waals surface area (Å²) >= 11 is 0. The summed E-state index contributed by atoms with van der Waals surface area (Å²) in [7, 11) is 0. The predicted molar refractivity (Wildman–Crippen MR) is 96.6 cm³/mol. The highest BCUT2D eigenvalue weighted by Crippen LogP contribution is 2.43. The molecule has 2 saturated carbocycles. The highest BCUT2D eigenvalue weighted by Gasteiger charge is 2.36. The van der Waals surface area contributed by atoms with Crippen molar-refractivity contribution in [1.82, 2.24) is 0 Å². The molecule has 0 N–H and O–H groups in total. The fraction of sp³-hybridized carbons (Fsp3) is 1.00. The van der Waals surface area contributed by atoms with E-state index in [1.807, 2.05) is 0 Å². The molecule has 0 aliphatic heterocycles. The van der Waals surface area contributed by atoms with Gasteiger partial charge in [-0.25, -0.2) is 0 Å². The topological polar surface area (TPSA) is 9.23 Å². The van der Waals surface area contributed by atoms with E-state index in [-0.39, 0.29) is 5.92 Å². The second kappa shape index (κ2) is 10.8. The van der Waals surface area contributed by atoms with Crippen LogP contribution in [0.5, 0.6) is 0 Å². The zero-order valence-corrected chi connectivity index (χ0v) is 16.0. The van der Waals surface area contributed by atoms with Crippen LogP contribution in [0.2, 0.25) is 0 Å². The Bertz CT molecular complexity index is 340. The van der Waals surface area contributed by atoms with E-state index in [4.69, 9.17) is 4.74 Å². The number of unbranched alkanes of at least 4 members (excludes halogenated alkanes) is 4. The second-order valence-corrected chi connectivity index (χ2v) is 8.42. The van der Waals surface area contributed by atoms with E-state index in [1.54, 1.807) is 0 Å². The lowest BCUT2D eigenvalue weighted by molar-refractivity contribution is -0.147. The fourth-order valence-electron chi connectivity index (χ4n) is 4.87. The SMILES string of the molecule is CCCCCCCO[C@H]1CC[C@H]([C@H]2CC[C@H](CC(F)(F)F)CC2)CC1. The second-order valence-electron chi connectivity index (χ2n) is 8.42. The maximum Gasteiger partial charge on any atom is 0.389 e. The van der Waals surface area contributed by atoms with Crippen molar-refractivity contribution in [1.29, 1.82) is 0 Å². The van der Waals surface area contributed by atoms with Crippen LogP contribution in [0, 0.1) is 17.8 Å². The summed E-state index contributed by atoms with van der Waals surface area (Å²) in [4.78, 5) is 0. The van der Waals surface area contributed by atoms with Crippen molar-refractivity contribution < 1.29 is 17.9 Å². The molecular weight excluding hydrogens is 325 g/mol. The van der Waals surface area contributed by atoms with Crippen LogP contribution >= 0.6 is 0 Å². The van der Waals surface area contributed by atoms with Gasteiger partial charge in [-0.3, -0.25) is 0 Å². The molecule has 0 aromatic rings. The van der Waals surface area contributed by atoms with Crippen LogP contribution in [0.3, 0.4) is 0 Å². The Morgan fingerprint density at radius 1 is 0.760 bits per heavy atom. The van der Waals surface area contributed by atoms with Gasteiger partial charge in [0.1, 0.15) is 0 Å². The van der Waals surface area contributed by atoms with Crippen molar-refractivity contribution >= 4 is 0 Å². The van der Waals surface area contributed by atoms with Crippen molar-refractivity contribution in [3.63, 3.8) is 0 Å². The van der Waals surface area contributed by atoms with E-state index >= 15 is 0 Å². The summed E-state index contributed by atoms with van der Waals surface area (Å²) in [6, 6.07) is 0. The first kappa shape index (κ1) is 21.1. The minimum absolute atomic E-state index is 0.122. The Labute approximate surface area is 152 Å². The Kier molecular flexibility index (Phi) is 9.09. The summed E-state index contributed by atoms with van der Waals surface area (Å²) in [5.74, 6) is 1.28. The summed E-state index contributed by atoms with van der Waals surface area (Å²) in [6.07, 6.45) is 10.6. The van der Waals surface area contributed by atoms with Gasteiger partial charge < -0.3 is 4.74 Å². The average molecular weight is 363 g/mol. The summed E-state index contributed by atoms with van der Waals surface area (Å²) in [6.45, 7) is 3.14. The number of hydrogen-bond donors (Lipinski definition) is 0. The molecule has 0 bridgehead atoms. The molecule has 0 spiro atoms. The van der Waals surface area contributed by atoms with Crippen LogP contribution in [0.25, 0.3) is 0 Å². The highest BCUT2D eigenvalue weighted by molar-refractivity contribution is 4.83. The van der Waals surface area contributed by atoms with Crippen molar-refractivity contribution in [2.45, 2.75) is 109 Å². The van der Waals surface area contributed by atoms with E-state index in [2.05, 4.69) is 6.92 Å². The molecule has 0 radical (unpaired) electrons. The number of rotatable bonds is 9. The predicted octanol–water partition coefficient (Wildman–Crippen LogP) is 7.29. The zero-order chi connectivity index (χ0) is 18.1. The van der Waals surface area contributed by atoms with Gasteiger partial charge in [-0.1, -0.05) is 32.6 Å². The van der Waals surface area contributed by atoms with Crippen molar-refractivity contribution in [3.8, 4) is 0 Å². The molecule has 25 heavy (non-hydrogen) atoms. The summed E-state index contributed by atoms with van der Waals surface area (Å²) < 4.78 is 43.6. The molecule has 0 aromatic carbocycles. The molecule has 4 heteroatoms. The van der Waals surface area contributed by atoms with Crippen LogP contribution in [-0.4, -0.2) is 18.9 Å². The van der Waals surface area contributed by atoms with E-state index in [0.29, 0.717) is 12.0 Å².